The molecule has 3 N–H and O–H groups in total. The molecule has 84 heavy (non-hydrogen) atoms. The summed E-state index contributed by atoms with van der Waals surface area (Å²) < 4.78 is 22.5. The average Bonchev–Trinajstić information content (AvgIpc) is 1.41. The number of nitrogens with one attached hydrogen (secondary N) is 1. The number of primary amides is 1. The largest absolute Gasteiger partial charge is 0.383 e. The Kier molecular flexibility index (Phi) is 11.2. The summed E-state index contributed by atoms with van der Waals surface area (Å²) in [5, 5.41) is 0.722. The summed E-state index contributed by atoms with van der Waals surface area (Å²) in [6, 6.07) is 89.2. The van der Waals surface area contributed by atoms with Crippen LogP contribution in [0.3, 0.4) is 0 Å². The van der Waals surface area contributed by atoms with E-state index in [1.807, 2.05) is 0 Å². The summed E-state index contributed by atoms with van der Waals surface area (Å²) in [6.45, 7) is 11.0. The number of hydrogen-bond donors (Lipinski definition) is 2. The molecule has 7 nitrogen and oxygen atoms in total. The van der Waals surface area contributed by atoms with Crippen molar-refractivity contribution >= 4 is 50.3 Å². The molecule has 0 radical (unpaired) electrons. The molecule has 6 unspecified atom stereocenters. The molecule has 8 aromatic carbocycles. The lowest BCUT2D eigenvalue weighted by Crippen LogP contribution is -2.76. The average molecular weight is 1140 g/mol. The van der Waals surface area contributed by atoms with Gasteiger partial charge in [0.05, 0.1) is 47.2 Å². The fourth-order valence-electron chi connectivity index (χ4n) is 22.1. The van der Waals surface area contributed by atoms with E-state index in [1.165, 1.54) is 44.5 Å². The summed E-state index contributed by atoms with van der Waals surface area (Å²) in [6.07, 6.45) is -3.33. The monoisotopic (exact) mass is 1130 g/mol. The second kappa shape index (κ2) is 18.0. The molecule has 8 aliphatic rings. The third-order valence-electron chi connectivity index (χ3n) is 23.7. The number of benzene rings is 8. The molecule has 14 atom stereocenters. The Morgan fingerprint density at radius 3 is 0.881 bits per heavy atom. The van der Waals surface area contributed by atoms with E-state index in [1.54, 1.807) is 7.11 Å². The van der Waals surface area contributed by atoms with Crippen LogP contribution in [0.5, 0.6) is 0 Å². The molecule has 0 aliphatic carbocycles. The highest BCUT2D eigenvalue weighted by atomic mass is 28.3. The van der Waals surface area contributed by atoms with Gasteiger partial charge in [-0.25, -0.2) is 0 Å². The second-order valence-electron chi connectivity index (χ2n) is 26.3. The van der Waals surface area contributed by atoms with Gasteiger partial charge in [0, 0.05) is 57.5 Å². The van der Waals surface area contributed by atoms with E-state index in [-0.39, 0.29) is 42.7 Å². The van der Waals surface area contributed by atoms with Crippen molar-refractivity contribution in [2.75, 3.05) is 20.3 Å². The number of carbonyl (C=O) groups is 2. The fraction of sp³-hybridized carbons (Fsp3) is 0.280. The minimum absolute atomic E-state index is 0.226. The van der Waals surface area contributed by atoms with E-state index in [9.17, 15) is 0 Å². The topological polar surface area (TPSA) is 99.9 Å². The van der Waals surface area contributed by atoms with E-state index in [0.29, 0.717) is 0 Å². The number of ether oxygens (including phenoxy) is 3. The number of methoxy groups -OCH3 is 1. The smallest absolute Gasteiger partial charge is 0.232 e. The van der Waals surface area contributed by atoms with Gasteiger partial charge in [0.1, 0.15) is 10.8 Å². The first-order valence-electron chi connectivity index (χ1n) is 30.3. The van der Waals surface area contributed by atoms with Crippen molar-refractivity contribution in [2.45, 2.75) is 70.8 Å². The number of fused-ring (bicyclic) bond motifs is 23. The van der Waals surface area contributed by atoms with Crippen LogP contribution in [0, 0.1) is 34.5 Å². The van der Waals surface area contributed by atoms with Gasteiger partial charge in [-0.3, -0.25) is 9.59 Å². The first-order chi connectivity index (χ1) is 41.0. The van der Waals surface area contributed by atoms with Gasteiger partial charge in [-0.1, -0.05) is 269 Å². The van der Waals surface area contributed by atoms with Crippen LogP contribution in [-0.4, -0.2) is 72.6 Å². The number of hydrogen-bond acceptors (Lipinski definition) is 5. The van der Waals surface area contributed by atoms with Crippen LogP contribution in [-0.2, 0) is 44.0 Å². The van der Waals surface area contributed by atoms with Gasteiger partial charge in [-0.2, -0.15) is 0 Å². The van der Waals surface area contributed by atoms with Crippen molar-refractivity contribution in [1.29, 1.82) is 0 Å². The van der Waals surface area contributed by atoms with E-state index in [2.05, 4.69) is 274 Å². The molecule has 16 rings (SSSR count). The van der Waals surface area contributed by atoms with Crippen LogP contribution in [0.4, 0.5) is 0 Å². The van der Waals surface area contributed by atoms with E-state index < -0.39 is 77.5 Å². The molecular formula is C75H70N2O5Si2. The maximum Gasteiger partial charge on any atom is 0.232 e. The van der Waals surface area contributed by atoms with Gasteiger partial charge >= 0.3 is 0 Å². The quantitative estimate of drug-likeness (QED) is 0.0885. The molecular weight excluding hydrogens is 1070 g/mol. The molecule has 8 bridgehead atoms. The van der Waals surface area contributed by atoms with Crippen LogP contribution >= 0.6 is 0 Å². The number of nitrogens with two attached hydrogens (primary N) is 1. The van der Waals surface area contributed by atoms with Crippen molar-refractivity contribution < 1.29 is 23.8 Å². The van der Waals surface area contributed by atoms with E-state index in [0.717, 1.165) is 22.3 Å². The van der Waals surface area contributed by atoms with E-state index in [4.69, 9.17) is 19.9 Å². The van der Waals surface area contributed by atoms with Gasteiger partial charge in [-0.15, -0.1) is 0 Å². The summed E-state index contributed by atoms with van der Waals surface area (Å²) in [7, 11) is -4.53. The molecule has 0 spiro atoms. The van der Waals surface area contributed by atoms with E-state index >= 15 is 9.59 Å². The predicted molar refractivity (Wildman–Crippen MR) is 337 cm³/mol. The Hall–Kier alpha value is -7.51. The van der Waals surface area contributed by atoms with Gasteiger partial charge in [-0.05, 0) is 66.8 Å². The fourth-order valence-corrected chi connectivity index (χ4v) is 35.1. The van der Waals surface area contributed by atoms with Gasteiger partial charge < -0.3 is 25.3 Å². The number of carbonyl (C=O) groups excluding carboxylic acids is 2. The highest BCUT2D eigenvalue weighted by molar-refractivity contribution is 6.91. The zero-order valence-electron chi connectivity index (χ0n) is 48.2. The summed E-state index contributed by atoms with van der Waals surface area (Å²) in [5.41, 5.74) is 19.1. The Bertz CT molecular complexity index is 3760. The molecule has 8 heterocycles. The Balaban J connectivity index is 1.08. The van der Waals surface area contributed by atoms with Crippen LogP contribution in [0.2, 0.25) is 26.2 Å². The van der Waals surface area contributed by atoms with Gasteiger partial charge in [0.25, 0.3) is 0 Å². The van der Waals surface area contributed by atoms with Crippen LogP contribution in [0.1, 0.15) is 44.5 Å². The molecule has 6 fully saturated rings. The molecule has 0 aromatic heterocycles. The summed E-state index contributed by atoms with van der Waals surface area (Å²) >= 11 is 0. The molecule has 418 valence electrons. The maximum absolute atomic E-state index is 17.4. The van der Waals surface area contributed by atoms with Crippen molar-refractivity contribution in [3.05, 3.63) is 287 Å². The third-order valence-corrected chi connectivity index (χ3v) is 35.1. The maximum atomic E-state index is 17.4. The Labute approximate surface area is 495 Å². The van der Waals surface area contributed by atoms with Crippen molar-refractivity contribution in [2.24, 2.45) is 40.2 Å². The molecule has 6 saturated heterocycles. The van der Waals surface area contributed by atoms with Crippen LogP contribution in [0.25, 0.3) is 22.3 Å². The van der Waals surface area contributed by atoms with Crippen molar-refractivity contribution in [1.82, 2.24) is 5.32 Å². The minimum Gasteiger partial charge on any atom is -0.383 e. The second-order valence-corrected chi connectivity index (χ2v) is 36.0. The van der Waals surface area contributed by atoms with Gasteiger partial charge in [0.2, 0.25) is 11.8 Å². The molecule has 8 aromatic rings. The zero-order valence-corrected chi connectivity index (χ0v) is 50.2. The lowest BCUT2D eigenvalue weighted by Gasteiger charge is -2.61. The highest BCUT2D eigenvalue weighted by Crippen LogP contribution is 2.92. The first-order valence-corrected chi connectivity index (χ1v) is 36.3. The molecule has 8 aliphatic heterocycles. The zero-order chi connectivity index (χ0) is 57.2. The van der Waals surface area contributed by atoms with Crippen molar-refractivity contribution in [3.63, 3.8) is 0 Å². The number of amides is 2. The Morgan fingerprint density at radius 2 is 0.643 bits per heavy atom. The lowest BCUT2D eigenvalue weighted by atomic mass is 9.36. The first kappa shape index (κ1) is 52.1. The molecule has 0 saturated carbocycles. The minimum atomic E-state index is -3.10. The number of rotatable bonds is 13. The highest BCUT2D eigenvalue weighted by Gasteiger charge is 3.01. The molecule has 9 heteroatoms. The number of allylic oxidation sites excluding steroid dienone is 4. The van der Waals surface area contributed by atoms with Crippen LogP contribution < -0.4 is 11.1 Å². The SMILES string of the molecule is COCCNC(=O)C12[C@@H]3O[C@@H](C4C3[C@@]3(c5ccccc5)C(c5ccccc5)=C(c5ccccc5)[C@]4(c4ccccc4)[Si]3(C)C)C1(C(N)=O)[C@@H]1O[C@H]2C2C1[C@@]1(c3ccccc3)C(c3ccccc3)=C(c3ccccc3)[C@]2(c2ccccc2)[Si]1(C)C. The predicted octanol–water partition coefficient (Wildman–Crippen LogP) is 12.8. The third kappa shape index (κ3) is 5.50. The Morgan fingerprint density at radius 1 is 0.405 bits per heavy atom. The summed E-state index contributed by atoms with van der Waals surface area (Å²) in [5.74, 6) is -2.03. The normalized spacial score (nSPS) is 35.3. The van der Waals surface area contributed by atoms with Crippen LogP contribution in [0.15, 0.2) is 243 Å². The standard InChI is InChI=1S/C75H70N2O5Si2/c1-80-47-46-77-69(79)71-66-62-60(72(52-38-22-10-23-39-52)56(48-30-14-6-15-31-48)58(50-34-18-8-19-35-50)74(62,83(72,2)3)54-42-26-12-27-43-54)64(81-66)70(71,68(76)78)65-61-63(67(71)82-65)75(55-44-28-13-29-45-55)59(51-36-20-9-21-37-51)57(49-32-16-7-17-33-49)73(61,84(75,4)5)53-40-24-11-25-41-53/h6-45,60-67H,46-47H2,1-5H3,(H2,76,78)(H,77,79)/t60?,61?,62?,63?,64-,65+,66+,67-,70?,71?,72-,73+,74+,75-. The van der Waals surface area contributed by atoms with Gasteiger partial charge in [0.15, 0.2) is 0 Å². The summed E-state index contributed by atoms with van der Waals surface area (Å²) in [4.78, 5) is 34.3. The lowest BCUT2D eigenvalue weighted by molar-refractivity contribution is -0.164. The van der Waals surface area contributed by atoms with Crippen molar-refractivity contribution in [3.8, 4) is 0 Å². The molecule has 2 amide bonds.